The van der Waals surface area contributed by atoms with E-state index in [0.29, 0.717) is 18.5 Å². The van der Waals surface area contributed by atoms with Crippen LogP contribution < -0.4 is 19.9 Å². The molecular formula is C29H40N6O2. The fourth-order valence-corrected chi connectivity index (χ4v) is 5.73. The van der Waals surface area contributed by atoms with Crippen molar-refractivity contribution in [3.63, 3.8) is 0 Å². The standard InChI is InChI=1S/C29H40N6O2/c1-22(2)23-8-4-5-9-26(23)35-14-10-24-25(20-35)31-28(37-21-29(3)11-6-12-30-29)32-27(24)34-17-15-33(16-18-34)13-7-19-36/h4-5,7-9,13,19,22,30H,6,10-12,14-18,20-21H2,1-3H3/t29-/m0/s1. The Balaban J connectivity index is 1.42. The molecule has 2 aromatic rings. The summed E-state index contributed by atoms with van der Waals surface area (Å²) in [6.45, 7) is 13.4. The van der Waals surface area contributed by atoms with Crippen molar-refractivity contribution in [1.82, 2.24) is 20.2 Å². The van der Waals surface area contributed by atoms with Crippen molar-refractivity contribution < 1.29 is 9.53 Å². The highest BCUT2D eigenvalue weighted by atomic mass is 16.5. The molecule has 0 aliphatic carbocycles. The summed E-state index contributed by atoms with van der Waals surface area (Å²) < 4.78 is 6.28. The van der Waals surface area contributed by atoms with Gasteiger partial charge in [0.1, 0.15) is 18.7 Å². The van der Waals surface area contributed by atoms with Gasteiger partial charge in [0.05, 0.1) is 12.2 Å². The van der Waals surface area contributed by atoms with E-state index >= 15 is 0 Å². The highest BCUT2D eigenvalue weighted by Gasteiger charge is 2.31. The van der Waals surface area contributed by atoms with Crippen LogP contribution in [0.25, 0.3) is 0 Å². The lowest BCUT2D eigenvalue weighted by atomic mass is 9.98. The number of nitrogens with zero attached hydrogens (tertiary/aromatic N) is 5. The average Bonchev–Trinajstić information content (AvgIpc) is 3.36. The van der Waals surface area contributed by atoms with Crippen LogP contribution in [0.15, 0.2) is 36.5 Å². The molecule has 1 aromatic heterocycles. The average molecular weight is 505 g/mol. The van der Waals surface area contributed by atoms with Crippen LogP contribution in [-0.2, 0) is 17.8 Å². The number of carbonyl (C=O) groups excluding carboxylic acids is 1. The Hall–Kier alpha value is -3.13. The molecule has 0 radical (unpaired) electrons. The predicted molar refractivity (Wildman–Crippen MR) is 147 cm³/mol. The van der Waals surface area contributed by atoms with Crippen LogP contribution in [0.5, 0.6) is 6.01 Å². The van der Waals surface area contributed by atoms with Crippen LogP contribution in [0.3, 0.4) is 0 Å². The van der Waals surface area contributed by atoms with Crippen molar-refractivity contribution in [1.29, 1.82) is 0 Å². The third-order valence-electron chi connectivity index (χ3n) is 7.89. The summed E-state index contributed by atoms with van der Waals surface area (Å²) in [5, 5.41) is 3.57. The lowest BCUT2D eigenvalue weighted by Gasteiger charge is -2.38. The van der Waals surface area contributed by atoms with E-state index in [0.717, 1.165) is 76.5 Å². The maximum atomic E-state index is 10.7. The number of aromatic nitrogens is 2. The third-order valence-corrected chi connectivity index (χ3v) is 7.89. The fraction of sp³-hybridized carbons (Fsp3) is 0.552. The molecule has 37 heavy (non-hydrogen) atoms. The van der Waals surface area contributed by atoms with Crippen molar-refractivity contribution in [2.45, 2.75) is 58.0 Å². The highest BCUT2D eigenvalue weighted by Crippen LogP contribution is 2.34. The topological polar surface area (TPSA) is 73.8 Å². The van der Waals surface area contributed by atoms with Gasteiger partial charge in [-0.3, -0.25) is 4.79 Å². The molecule has 1 aromatic carbocycles. The minimum Gasteiger partial charge on any atom is -0.461 e. The zero-order chi connectivity index (χ0) is 25.8. The Morgan fingerprint density at radius 3 is 2.65 bits per heavy atom. The molecule has 8 heteroatoms. The molecule has 0 saturated carbocycles. The second-order valence-corrected chi connectivity index (χ2v) is 11.0. The van der Waals surface area contributed by atoms with E-state index in [-0.39, 0.29) is 5.54 Å². The number of hydrogen-bond acceptors (Lipinski definition) is 8. The Morgan fingerprint density at radius 1 is 1.11 bits per heavy atom. The van der Waals surface area contributed by atoms with Gasteiger partial charge in [0, 0.05) is 55.7 Å². The Morgan fingerprint density at radius 2 is 1.92 bits per heavy atom. The number of para-hydroxylation sites is 1. The molecule has 8 nitrogen and oxygen atoms in total. The molecule has 1 atom stereocenters. The summed E-state index contributed by atoms with van der Waals surface area (Å²) in [7, 11) is 0. The molecule has 0 unspecified atom stereocenters. The molecule has 4 heterocycles. The summed E-state index contributed by atoms with van der Waals surface area (Å²) in [5.74, 6) is 1.47. The summed E-state index contributed by atoms with van der Waals surface area (Å²) >= 11 is 0. The van der Waals surface area contributed by atoms with E-state index in [2.05, 4.69) is 65.1 Å². The first-order chi connectivity index (χ1) is 18.0. The van der Waals surface area contributed by atoms with E-state index in [1.54, 1.807) is 6.08 Å². The molecule has 198 valence electrons. The van der Waals surface area contributed by atoms with Crippen LogP contribution in [0.1, 0.15) is 56.4 Å². The van der Waals surface area contributed by atoms with Gasteiger partial charge in [-0.25, -0.2) is 0 Å². The van der Waals surface area contributed by atoms with Crippen molar-refractivity contribution in [2.24, 2.45) is 0 Å². The van der Waals surface area contributed by atoms with E-state index in [4.69, 9.17) is 14.7 Å². The predicted octanol–water partition coefficient (Wildman–Crippen LogP) is 3.52. The molecule has 3 aliphatic heterocycles. The van der Waals surface area contributed by atoms with E-state index in [1.807, 2.05) is 6.20 Å². The van der Waals surface area contributed by atoms with Crippen LogP contribution in [0, 0.1) is 0 Å². The number of carbonyl (C=O) groups is 1. The van der Waals surface area contributed by atoms with Gasteiger partial charge in [0.2, 0.25) is 0 Å². The van der Waals surface area contributed by atoms with Crippen molar-refractivity contribution in [2.75, 3.05) is 55.7 Å². The molecule has 1 N–H and O–H groups in total. The van der Waals surface area contributed by atoms with Gasteiger partial charge >= 0.3 is 6.01 Å². The van der Waals surface area contributed by atoms with Gasteiger partial charge in [-0.2, -0.15) is 9.97 Å². The van der Waals surface area contributed by atoms with Crippen molar-refractivity contribution in [3.05, 3.63) is 53.4 Å². The second-order valence-electron chi connectivity index (χ2n) is 11.0. The van der Waals surface area contributed by atoms with Crippen LogP contribution in [0.4, 0.5) is 11.5 Å². The van der Waals surface area contributed by atoms with Gasteiger partial charge in [-0.15, -0.1) is 0 Å². The molecule has 0 amide bonds. The summed E-state index contributed by atoms with van der Waals surface area (Å²) in [6, 6.07) is 9.21. The monoisotopic (exact) mass is 504 g/mol. The van der Waals surface area contributed by atoms with Crippen LogP contribution in [0.2, 0.25) is 0 Å². The molecule has 5 rings (SSSR count). The quantitative estimate of drug-likeness (QED) is 0.433. The number of anilines is 2. The van der Waals surface area contributed by atoms with Gasteiger partial charge in [-0.1, -0.05) is 32.0 Å². The third kappa shape index (κ3) is 5.74. The van der Waals surface area contributed by atoms with Gasteiger partial charge in [0.15, 0.2) is 0 Å². The lowest BCUT2D eigenvalue weighted by molar-refractivity contribution is -0.104. The summed E-state index contributed by atoms with van der Waals surface area (Å²) in [5.41, 5.74) is 4.95. The van der Waals surface area contributed by atoms with E-state index in [9.17, 15) is 4.79 Å². The van der Waals surface area contributed by atoms with Gasteiger partial charge in [0.25, 0.3) is 0 Å². The Bertz CT molecular complexity index is 1120. The first-order valence-electron chi connectivity index (χ1n) is 13.7. The number of ether oxygens (including phenoxy) is 1. The Labute approximate surface area is 220 Å². The zero-order valence-corrected chi connectivity index (χ0v) is 22.4. The highest BCUT2D eigenvalue weighted by molar-refractivity contribution is 5.64. The van der Waals surface area contributed by atoms with Crippen LogP contribution in [-0.4, -0.2) is 72.6 Å². The number of allylic oxidation sites excluding steroid dienone is 1. The number of benzene rings is 1. The van der Waals surface area contributed by atoms with Gasteiger partial charge < -0.3 is 24.8 Å². The maximum absolute atomic E-state index is 10.7. The molecule has 3 aliphatic rings. The number of nitrogens with one attached hydrogen (secondary N) is 1. The number of rotatable bonds is 8. The van der Waals surface area contributed by atoms with E-state index in [1.165, 1.54) is 23.2 Å². The van der Waals surface area contributed by atoms with Gasteiger partial charge in [-0.05, 0) is 56.4 Å². The summed E-state index contributed by atoms with van der Waals surface area (Å²) in [4.78, 5) is 27.7. The van der Waals surface area contributed by atoms with Crippen LogP contribution >= 0.6 is 0 Å². The van der Waals surface area contributed by atoms with Crippen molar-refractivity contribution in [3.8, 4) is 6.01 Å². The molecule has 0 spiro atoms. The minimum atomic E-state index is -0.0296. The minimum absolute atomic E-state index is 0.0296. The first-order valence-corrected chi connectivity index (χ1v) is 13.7. The number of hydrogen-bond donors (Lipinski definition) is 1. The van der Waals surface area contributed by atoms with E-state index < -0.39 is 0 Å². The number of fused-ring (bicyclic) bond motifs is 1. The molecule has 2 saturated heterocycles. The first kappa shape index (κ1) is 25.5. The molecule has 0 bridgehead atoms. The zero-order valence-electron chi connectivity index (χ0n) is 22.4. The SMILES string of the molecule is CC(C)c1ccccc1N1CCc2c(nc(OC[C@]3(C)CCCN3)nc2N2CCN(C=CC=O)CC2)C1. The Kier molecular flexibility index (Phi) is 7.65. The second kappa shape index (κ2) is 11.1. The number of aldehydes is 1. The lowest BCUT2D eigenvalue weighted by Crippen LogP contribution is -2.45. The normalized spacial score (nSPS) is 22.1. The molecule has 2 fully saturated rings. The largest absolute Gasteiger partial charge is 0.461 e. The summed E-state index contributed by atoms with van der Waals surface area (Å²) in [6.07, 6.45) is 7.45. The smallest absolute Gasteiger partial charge is 0.318 e. The molecular weight excluding hydrogens is 464 g/mol. The number of piperazine rings is 1. The fourth-order valence-electron chi connectivity index (χ4n) is 5.73. The maximum Gasteiger partial charge on any atom is 0.318 e. The van der Waals surface area contributed by atoms with Crippen molar-refractivity contribution >= 4 is 17.8 Å².